The Labute approximate surface area is 74.0 Å². The van der Waals surface area contributed by atoms with Gasteiger partial charge in [-0.25, -0.2) is 0 Å². The summed E-state index contributed by atoms with van der Waals surface area (Å²) < 4.78 is 2.61. The monoisotopic (exact) mass is 254 g/mol. The SMILES string of the molecule is CCCC(Br)=C(Br)CC. The highest BCUT2D eigenvalue weighted by Crippen LogP contribution is 2.24. The molecule has 0 amide bonds. The first-order valence-electron chi connectivity index (χ1n) is 3.25. The van der Waals surface area contributed by atoms with Crippen molar-refractivity contribution in [2.24, 2.45) is 0 Å². The van der Waals surface area contributed by atoms with Gasteiger partial charge >= 0.3 is 0 Å². The molecule has 0 aliphatic rings. The summed E-state index contributed by atoms with van der Waals surface area (Å²) in [4.78, 5) is 0. The quantitative estimate of drug-likeness (QED) is 0.709. The van der Waals surface area contributed by atoms with Crippen LogP contribution in [-0.2, 0) is 0 Å². The average Bonchev–Trinajstić information content (AvgIpc) is 1.87. The second kappa shape index (κ2) is 5.48. The molecule has 0 radical (unpaired) electrons. The van der Waals surface area contributed by atoms with Gasteiger partial charge in [-0.3, -0.25) is 0 Å². The zero-order chi connectivity index (χ0) is 7.28. The zero-order valence-electron chi connectivity index (χ0n) is 5.88. The molecule has 0 fully saturated rings. The maximum atomic E-state index is 3.50. The number of halogens is 2. The lowest BCUT2D eigenvalue weighted by Crippen LogP contribution is -1.74. The van der Waals surface area contributed by atoms with Crippen LogP contribution in [0.2, 0.25) is 0 Å². The standard InChI is InChI=1S/C7H12Br2/c1-3-5-7(9)6(8)4-2/h3-5H2,1-2H3. The smallest absolute Gasteiger partial charge is 0.00516 e. The predicted octanol–water partition coefficient (Wildman–Crippen LogP) is 4.20. The summed E-state index contributed by atoms with van der Waals surface area (Å²) in [5.74, 6) is 0. The summed E-state index contributed by atoms with van der Waals surface area (Å²) >= 11 is 6.97. The van der Waals surface area contributed by atoms with Gasteiger partial charge in [-0.05, 0) is 12.8 Å². The highest BCUT2D eigenvalue weighted by Gasteiger charge is 1.95. The van der Waals surface area contributed by atoms with Crippen molar-refractivity contribution < 1.29 is 0 Å². The van der Waals surface area contributed by atoms with Gasteiger partial charge in [-0.15, -0.1) is 0 Å². The minimum atomic E-state index is 1.08. The Hall–Kier alpha value is 0.700. The van der Waals surface area contributed by atoms with E-state index in [9.17, 15) is 0 Å². The minimum Gasteiger partial charge on any atom is -0.0650 e. The summed E-state index contributed by atoms with van der Waals surface area (Å²) in [5.41, 5.74) is 0. The highest BCUT2D eigenvalue weighted by atomic mass is 79.9. The van der Waals surface area contributed by atoms with Crippen LogP contribution in [-0.4, -0.2) is 0 Å². The van der Waals surface area contributed by atoms with E-state index < -0.39 is 0 Å². The molecule has 0 bridgehead atoms. The molecule has 0 aromatic rings. The summed E-state index contributed by atoms with van der Waals surface area (Å²) in [5, 5.41) is 0. The molecule has 0 N–H and O–H groups in total. The topological polar surface area (TPSA) is 0 Å². The molecule has 0 saturated heterocycles. The minimum absolute atomic E-state index is 1.08. The summed E-state index contributed by atoms with van der Waals surface area (Å²) in [6, 6.07) is 0. The predicted molar refractivity (Wildman–Crippen MR) is 50.1 cm³/mol. The van der Waals surface area contributed by atoms with Crippen LogP contribution in [0.5, 0.6) is 0 Å². The summed E-state index contributed by atoms with van der Waals surface area (Å²) in [6.07, 6.45) is 3.44. The molecule has 0 rings (SSSR count). The fourth-order valence-electron chi connectivity index (χ4n) is 0.547. The van der Waals surface area contributed by atoms with E-state index in [4.69, 9.17) is 0 Å². The number of hydrogen-bond acceptors (Lipinski definition) is 0. The Morgan fingerprint density at radius 3 is 2.00 bits per heavy atom. The van der Waals surface area contributed by atoms with Crippen LogP contribution < -0.4 is 0 Å². The first kappa shape index (κ1) is 9.70. The van der Waals surface area contributed by atoms with E-state index in [-0.39, 0.29) is 0 Å². The van der Waals surface area contributed by atoms with Crippen molar-refractivity contribution in [3.8, 4) is 0 Å². The van der Waals surface area contributed by atoms with E-state index >= 15 is 0 Å². The van der Waals surface area contributed by atoms with Crippen molar-refractivity contribution in [1.29, 1.82) is 0 Å². The van der Waals surface area contributed by atoms with Crippen molar-refractivity contribution in [2.45, 2.75) is 33.1 Å². The van der Waals surface area contributed by atoms with Gasteiger partial charge < -0.3 is 0 Å². The first-order chi connectivity index (χ1) is 4.22. The molecule has 0 aliphatic carbocycles. The van der Waals surface area contributed by atoms with Gasteiger partial charge in [0.25, 0.3) is 0 Å². The lowest BCUT2D eigenvalue weighted by molar-refractivity contribution is 0.941. The molecule has 2 heteroatoms. The fourth-order valence-corrected chi connectivity index (χ4v) is 1.42. The van der Waals surface area contributed by atoms with Crippen molar-refractivity contribution in [1.82, 2.24) is 0 Å². The molecule has 54 valence electrons. The van der Waals surface area contributed by atoms with Crippen molar-refractivity contribution >= 4 is 31.9 Å². The third-order valence-corrected chi connectivity index (χ3v) is 3.52. The van der Waals surface area contributed by atoms with Crippen LogP contribution in [0.1, 0.15) is 33.1 Å². The Morgan fingerprint density at radius 1 is 1.11 bits per heavy atom. The van der Waals surface area contributed by atoms with Crippen molar-refractivity contribution in [3.63, 3.8) is 0 Å². The van der Waals surface area contributed by atoms with Crippen LogP contribution in [0.3, 0.4) is 0 Å². The molecule has 0 aliphatic heterocycles. The third-order valence-electron chi connectivity index (χ3n) is 1.07. The van der Waals surface area contributed by atoms with Gasteiger partial charge in [-0.2, -0.15) is 0 Å². The maximum Gasteiger partial charge on any atom is 0.00516 e. The van der Waals surface area contributed by atoms with Crippen LogP contribution in [0, 0.1) is 0 Å². The number of allylic oxidation sites excluding steroid dienone is 2. The van der Waals surface area contributed by atoms with E-state index in [0.29, 0.717) is 0 Å². The summed E-state index contributed by atoms with van der Waals surface area (Å²) in [7, 11) is 0. The van der Waals surface area contributed by atoms with Crippen LogP contribution in [0.4, 0.5) is 0 Å². The molecule has 0 spiro atoms. The largest absolute Gasteiger partial charge is 0.0650 e. The van der Waals surface area contributed by atoms with E-state index in [1.807, 2.05) is 0 Å². The molecule has 0 heterocycles. The van der Waals surface area contributed by atoms with Gasteiger partial charge in [0.1, 0.15) is 0 Å². The molecule has 0 saturated carbocycles. The Balaban J connectivity index is 3.78. The molecule has 0 aromatic heterocycles. The second-order valence-electron chi connectivity index (χ2n) is 1.91. The van der Waals surface area contributed by atoms with Gasteiger partial charge in [0.15, 0.2) is 0 Å². The van der Waals surface area contributed by atoms with Crippen LogP contribution in [0.15, 0.2) is 8.96 Å². The average molecular weight is 256 g/mol. The van der Waals surface area contributed by atoms with Crippen molar-refractivity contribution in [3.05, 3.63) is 8.96 Å². The molecular weight excluding hydrogens is 244 g/mol. The Bertz CT molecular complexity index is 105. The van der Waals surface area contributed by atoms with E-state index in [0.717, 1.165) is 12.8 Å². The molecule has 0 nitrogen and oxygen atoms in total. The normalized spacial score (nSPS) is 13.3. The van der Waals surface area contributed by atoms with Crippen LogP contribution >= 0.6 is 31.9 Å². The lowest BCUT2D eigenvalue weighted by Gasteiger charge is -1.98. The Morgan fingerprint density at radius 2 is 1.67 bits per heavy atom. The first-order valence-corrected chi connectivity index (χ1v) is 4.84. The zero-order valence-corrected chi connectivity index (χ0v) is 9.05. The third kappa shape index (κ3) is 4.15. The van der Waals surface area contributed by atoms with E-state index in [1.54, 1.807) is 0 Å². The molecular formula is C7H12Br2. The van der Waals surface area contributed by atoms with Gasteiger partial charge in [0.2, 0.25) is 0 Å². The molecule has 9 heavy (non-hydrogen) atoms. The number of hydrogen-bond donors (Lipinski definition) is 0. The van der Waals surface area contributed by atoms with Gasteiger partial charge in [0, 0.05) is 8.96 Å². The van der Waals surface area contributed by atoms with Gasteiger partial charge in [-0.1, -0.05) is 52.1 Å². The Kier molecular flexibility index (Phi) is 5.91. The van der Waals surface area contributed by atoms with Gasteiger partial charge in [0.05, 0.1) is 0 Å². The number of rotatable bonds is 3. The van der Waals surface area contributed by atoms with E-state index in [2.05, 4.69) is 45.7 Å². The van der Waals surface area contributed by atoms with E-state index in [1.165, 1.54) is 15.4 Å². The molecule has 0 unspecified atom stereocenters. The molecule has 0 aromatic carbocycles. The summed E-state index contributed by atoms with van der Waals surface area (Å²) in [6.45, 7) is 4.32. The highest BCUT2D eigenvalue weighted by molar-refractivity contribution is 9.14. The fraction of sp³-hybridized carbons (Fsp3) is 0.714. The maximum absolute atomic E-state index is 3.50. The second-order valence-corrected chi connectivity index (χ2v) is 3.83. The molecule has 0 atom stereocenters. The van der Waals surface area contributed by atoms with Crippen LogP contribution in [0.25, 0.3) is 0 Å². The van der Waals surface area contributed by atoms with Crippen molar-refractivity contribution in [2.75, 3.05) is 0 Å². The lowest BCUT2D eigenvalue weighted by atomic mass is 10.3.